The van der Waals surface area contributed by atoms with Crippen LogP contribution in [0, 0.1) is 6.92 Å². The summed E-state index contributed by atoms with van der Waals surface area (Å²) in [6, 6.07) is 11.4. The first-order valence-electron chi connectivity index (χ1n) is 9.57. The predicted molar refractivity (Wildman–Crippen MR) is 117 cm³/mol. The molecule has 0 aliphatic heterocycles. The number of pyridine rings is 1. The van der Waals surface area contributed by atoms with Crippen LogP contribution in [-0.2, 0) is 21.0 Å². The number of methoxy groups -OCH3 is 1. The van der Waals surface area contributed by atoms with Crippen LogP contribution in [0.2, 0.25) is 0 Å². The van der Waals surface area contributed by atoms with Gasteiger partial charge in [0.05, 0.1) is 35.1 Å². The van der Waals surface area contributed by atoms with Crippen LogP contribution in [0.5, 0.6) is 5.75 Å². The number of carbonyl (C=O) groups is 1. The Morgan fingerprint density at radius 1 is 1.12 bits per heavy atom. The van der Waals surface area contributed by atoms with E-state index < -0.39 is 39.1 Å². The number of hydrogen-bond donors (Lipinski definition) is 1. The summed E-state index contributed by atoms with van der Waals surface area (Å²) in [5.74, 6) is -0.706. The van der Waals surface area contributed by atoms with Gasteiger partial charge in [-0.2, -0.15) is 13.2 Å². The summed E-state index contributed by atoms with van der Waals surface area (Å²) in [4.78, 5) is 15.6. The Bertz CT molecular complexity index is 1250. The Balaban J connectivity index is 2.13. The van der Waals surface area contributed by atoms with Crippen molar-refractivity contribution in [2.24, 2.45) is 0 Å². The number of rotatable bonds is 7. The predicted octanol–water partition coefficient (Wildman–Crippen LogP) is 4.25. The minimum atomic E-state index is -4.93. The number of benzene rings is 2. The Morgan fingerprint density at radius 3 is 2.48 bits per heavy atom. The van der Waals surface area contributed by atoms with Crippen LogP contribution in [0.3, 0.4) is 0 Å². The highest BCUT2D eigenvalue weighted by molar-refractivity contribution is 7.93. The van der Waals surface area contributed by atoms with Crippen LogP contribution in [0.1, 0.15) is 11.1 Å². The fraction of sp³-hybridized carbons (Fsp3) is 0.182. The third-order valence-corrected chi connectivity index (χ3v) is 6.41. The molecule has 0 bridgehead atoms. The van der Waals surface area contributed by atoms with Crippen LogP contribution in [0.4, 0.5) is 24.5 Å². The van der Waals surface area contributed by atoms with Gasteiger partial charge in [0.1, 0.15) is 12.3 Å². The van der Waals surface area contributed by atoms with E-state index in [1.807, 2.05) is 0 Å². The van der Waals surface area contributed by atoms with Crippen molar-refractivity contribution >= 4 is 27.3 Å². The Labute approximate surface area is 188 Å². The molecule has 2 aromatic carbocycles. The zero-order valence-electron chi connectivity index (χ0n) is 17.6. The van der Waals surface area contributed by atoms with E-state index in [9.17, 15) is 26.4 Å². The number of carbonyl (C=O) groups excluding carboxylic acids is 1. The number of halogens is 3. The molecule has 174 valence electrons. The lowest BCUT2D eigenvalue weighted by Gasteiger charge is -2.27. The quantitative estimate of drug-likeness (QED) is 0.547. The number of hydrogen-bond acceptors (Lipinski definition) is 5. The molecule has 3 aromatic rings. The number of amides is 1. The number of ether oxygens (including phenoxy) is 1. The van der Waals surface area contributed by atoms with E-state index in [4.69, 9.17) is 4.74 Å². The van der Waals surface area contributed by atoms with Crippen LogP contribution >= 0.6 is 0 Å². The summed E-state index contributed by atoms with van der Waals surface area (Å²) in [5.41, 5.74) is -0.500. The molecule has 0 saturated heterocycles. The van der Waals surface area contributed by atoms with Crippen molar-refractivity contribution in [1.82, 2.24) is 4.98 Å². The molecule has 0 unspecified atom stereocenters. The number of aromatic nitrogens is 1. The van der Waals surface area contributed by atoms with E-state index in [0.29, 0.717) is 21.6 Å². The first kappa shape index (κ1) is 24.1. The molecule has 7 nitrogen and oxygen atoms in total. The van der Waals surface area contributed by atoms with Gasteiger partial charge in [0, 0.05) is 6.20 Å². The minimum absolute atomic E-state index is 0.0721. The summed E-state index contributed by atoms with van der Waals surface area (Å²) >= 11 is 0. The molecule has 0 aliphatic carbocycles. The molecule has 0 atom stereocenters. The van der Waals surface area contributed by atoms with Gasteiger partial charge in [0.15, 0.2) is 0 Å². The standard InChI is InChI=1S/C22H20F3N3O4S/c1-15-9-10-19(32-2)18(12-15)28(14-21(29)27-16-6-5-11-26-13-16)33(30,31)20-8-4-3-7-17(20)22(23,24)25/h3-13H,14H2,1-2H3,(H,27,29). The molecule has 33 heavy (non-hydrogen) atoms. The molecule has 1 aromatic heterocycles. The molecule has 1 amide bonds. The van der Waals surface area contributed by atoms with Gasteiger partial charge < -0.3 is 10.1 Å². The van der Waals surface area contributed by atoms with Crippen molar-refractivity contribution in [3.63, 3.8) is 0 Å². The van der Waals surface area contributed by atoms with Crippen molar-refractivity contribution < 1.29 is 31.1 Å². The maximum Gasteiger partial charge on any atom is 0.417 e. The second kappa shape index (κ2) is 9.49. The second-order valence-corrected chi connectivity index (χ2v) is 8.80. The van der Waals surface area contributed by atoms with Crippen LogP contribution in [-0.4, -0.2) is 33.0 Å². The first-order valence-corrected chi connectivity index (χ1v) is 11.0. The molecular formula is C22H20F3N3O4S. The van der Waals surface area contributed by atoms with Crippen molar-refractivity contribution in [2.45, 2.75) is 18.0 Å². The highest BCUT2D eigenvalue weighted by Crippen LogP contribution is 2.38. The molecule has 1 heterocycles. The number of anilines is 2. The third kappa shape index (κ3) is 5.43. The molecule has 1 N–H and O–H groups in total. The van der Waals surface area contributed by atoms with E-state index in [1.54, 1.807) is 19.1 Å². The fourth-order valence-corrected chi connectivity index (χ4v) is 4.75. The fourth-order valence-electron chi connectivity index (χ4n) is 3.11. The maximum atomic E-state index is 13.6. The summed E-state index contributed by atoms with van der Waals surface area (Å²) in [6.07, 6.45) is -2.09. The first-order chi connectivity index (χ1) is 15.5. The van der Waals surface area contributed by atoms with Crippen LogP contribution < -0.4 is 14.4 Å². The normalized spacial score (nSPS) is 11.7. The molecule has 0 radical (unpaired) electrons. The van der Waals surface area contributed by atoms with Crippen LogP contribution in [0.15, 0.2) is 71.9 Å². The van der Waals surface area contributed by atoms with E-state index in [1.165, 1.54) is 43.8 Å². The SMILES string of the molecule is COc1ccc(C)cc1N(CC(=O)Nc1cccnc1)S(=O)(=O)c1ccccc1C(F)(F)F. The zero-order valence-corrected chi connectivity index (χ0v) is 18.4. The highest BCUT2D eigenvalue weighted by atomic mass is 32.2. The van der Waals surface area contributed by atoms with Crippen molar-refractivity contribution in [3.05, 3.63) is 78.1 Å². The van der Waals surface area contributed by atoms with Crippen LogP contribution in [0.25, 0.3) is 0 Å². The van der Waals surface area contributed by atoms with Gasteiger partial charge >= 0.3 is 6.18 Å². The number of sulfonamides is 1. The Hall–Kier alpha value is -3.60. The topological polar surface area (TPSA) is 88.6 Å². The Kier molecular flexibility index (Phi) is 6.92. The lowest BCUT2D eigenvalue weighted by Crippen LogP contribution is -2.39. The van der Waals surface area contributed by atoms with E-state index in [2.05, 4.69) is 10.3 Å². The van der Waals surface area contributed by atoms with E-state index in [-0.39, 0.29) is 11.4 Å². The van der Waals surface area contributed by atoms with E-state index >= 15 is 0 Å². The monoisotopic (exact) mass is 479 g/mol. The highest BCUT2D eigenvalue weighted by Gasteiger charge is 2.40. The lowest BCUT2D eigenvalue weighted by atomic mass is 10.2. The number of nitrogens with zero attached hydrogens (tertiary/aromatic N) is 2. The smallest absolute Gasteiger partial charge is 0.417 e. The molecule has 0 saturated carbocycles. The van der Waals surface area contributed by atoms with Gasteiger partial charge in [0.25, 0.3) is 10.0 Å². The van der Waals surface area contributed by atoms with Crippen molar-refractivity contribution in [3.8, 4) is 5.75 Å². The second-order valence-electron chi connectivity index (χ2n) is 6.97. The summed E-state index contributed by atoms with van der Waals surface area (Å²) < 4.78 is 73.8. The molecule has 0 aliphatic rings. The lowest BCUT2D eigenvalue weighted by molar-refractivity contribution is -0.139. The third-order valence-electron chi connectivity index (χ3n) is 4.60. The molecule has 11 heteroatoms. The summed E-state index contributed by atoms with van der Waals surface area (Å²) in [6.45, 7) is 0.871. The van der Waals surface area contributed by atoms with Gasteiger partial charge in [-0.15, -0.1) is 0 Å². The number of aryl methyl sites for hydroxylation is 1. The Morgan fingerprint density at radius 2 is 1.85 bits per heavy atom. The van der Waals surface area contributed by atoms with Gasteiger partial charge in [-0.1, -0.05) is 18.2 Å². The summed E-state index contributed by atoms with van der Waals surface area (Å²) in [7, 11) is -3.56. The molecule has 3 rings (SSSR count). The largest absolute Gasteiger partial charge is 0.495 e. The number of alkyl halides is 3. The van der Waals surface area contributed by atoms with Gasteiger partial charge in [-0.25, -0.2) is 8.42 Å². The molecule has 0 spiro atoms. The maximum absolute atomic E-state index is 13.6. The number of nitrogens with one attached hydrogen (secondary N) is 1. The van der Waals surface area contributed by atoms with Crippen molar-refractivity contribution in [2.75, 3.05) is 23.3 Å². The minimum Gasteiger partial charge on any atom is -0.495 e. The average Bonchev–Trinajstić information content (AvgIpc) is 2.77. The molecular weight excluding hydrogens is 459 g/mol. The van der Waals surface area contributed by atoms with Gasteiger partial charge in [-0.3, -0.25) is 14.1 Å². The van der Waals surface area contributed by atoms with E-state index in [0.717, 1.165) is 12.1 Å². The zero-order chi connectivity index (χ0) is 24.2. The van der Waals surface area contributed by atoms with Gasteiger partial charge in [0.2, 0.25) is 5.91 Å². The van der Waals surface area contributed by atoms with Gasteiger partial charge in [-0.05, 0) is 48.9 Å². The average molecular weight is 479 g/mol. The summed E-state index contributed by atoms with van der Waals surface area (Å²) in [5, 5.41) is 2.49. The molecule has 0 fully saturated rings. The van der Waals surface area contributed by atoms with Crippen molar-refractivity contribution in [1.29, 1.82) is 0 Å².